The monoisotopic (exact) mass is 264 g/mol. The van der Waals surface area contributed by atoms with Crippen molar-refractivity contribution in [2.24, 2.45) is 5.73 Å². The fourth-order valence-corrected chi connectivity index (χ4v) is 1.98. The Morgan fingerprint density at radius 1 is 1.37 bits per heavy atom. The molecule has 0 spiro atoms. The largest absolute Gasteiger partial charge is 0.496 e. The van der Waals surface area contributed by atoms with Gasteiger partial charge in [0.25, 0.3) is 0 Å². The maximum atomic E-state index is 11.7. The molecule has 0 aromatic heterocycles. The van der Waals surface area contributed by atoms with E-state index in [1.54, 1.807) is 26.0 Å². The van der Waals surface area contributed by atoms with Gasteiger partial charge in [-0.1, -0.05) is 6.07 Å². The Hall–Kier alpha value is -1.55. The third kappa shape index (κ3) is 3.96. The average Bonchev–Trinajstić information content (AvgIpc) is 2.38. The first kappa shape index (κ1) is 15.5. The summed E-state index contributed by atoms with van der Waals surface area (Å²) < 4.78 is 5.39. The third-order valence-corrected chi connectivity index (χ3v) is 3.38. The Morgan fingerprint density at radius 2 is 1.95 bits per heavy atom. The quantitative estimate of drug-likeness (QED) is 0.880. The number of hydrogen-bond donors (Lipinski definition) is 1. The predicted molar refractivity (Wildman–Crippen MR) is 77.5 cm³/mol. The molecule has 4 heteroatoms. The smallest absolute Gasteiger partial charge is 0.238 e. The number of likely N-dealkylation sites (N-methyl/N-ethyl adjacent to an activating group) is 1. The second-order valence-electron chi connectivity index (χ2n) is 5.05. The number of amides is 1. The van der Waals surface area contributed by atoms with E-state index in [2.05, 4.69) is 19.9 Å². The minimum atomic E-state index is -0.452. The molecule has 0 aliphatic rings. The molecule has 0 fully saturated rings. The standard InChI is InChI=1S/C15H24N2O2/c1-10-8-13(14(19-5)9-11(10)2)6-7-17(4)15(18)12(3)16/h8-9,12H,6-7,16H2,1-5H3. The van der Waals surface area contributed by atoms with Gasteiger partial charge in [0.15, 0.2) is 0 Å². The van der Waals surface area contributed by atoms with Crippen LogP contribution in [-0.2, 0) is 11.2 Å². The van der Waals surface area contributed by atoms with Crippen LogP contribution in [0.2, 0.25) is 0 Å². The molecule has 106 valence electrons. The highest BCUT2D eigenvalue weighted by atomic mass is 16.5. The van der Waals surface area contributed by atoms with E-state index in [-0.39, 0.29) is 5.91 Å². The summed E-state index contributed by atoms with van der Waals surface area (Å²) in [5, 5.41) is 0. The summed E-state index contributed by atoms with van der Waals surface area (Å²) in [5.74, 6) is 0.840. The molecule has 1 unspecified atom stereocenters. The first-order valence-electron chi connectivity index (χ1n) is 6.51. The third-order valence-electron chi connectivity index (χ3n) is 3.38. The highest BCUT2D eigenvalue weighted by molar-refractivity contribution is 5.80. The lowest BCUT2D eigenvalue weighted by molar-refractivity contribution is -0.130. The minimum Gasteiger partial charge on any atom is -0.496 e. The van der Waals surface area contributed by atoms with Gasteiger partial charge in [0.2, 0.25) is 5.91 Å². The van der Waals surface area contributed by atoms with Crippen molar-refractivity contribution < 1.29 is 9.53 Å². The van der Waals surface area contributed by atoms with Crippen LogP contribution < -0.4 is 10.5 Å². The molecule has 1 atom stereocenters. The number of aryl methyl sites for hydroxylation is 2. The Labute approximate surface area is 115 Å². The number of methoxy groups -OCH3 is 1. The molecule has 0 saturated heterocycles. The second-order valence-corrected chi connectivity index (χ2v) is 5.05. The number of carbonyl (C=O) groups is 1. The van der Waals surface area contributed by atoms with Crippen LogP contribution in [0.4, 0.5) is 0 Å². The number of carbonyl (C=O) groups excluding carboxylic acids is 1. The Balaban J connectivity index is 2.77. The van der Waals surface area contributed by atoms with E-state index in [0.29, 0.717) is 6.54 Å². The molecule has 19 heavy (non-hydrogen) atoms. The van der Waals surface area contributed by atoms with Gasteiger partial charge in [-0.25, -0.2) is 0 Å². The molecule has 1 amide bonds. The van der Waals surface area contributed by atoms with Crippen molar-refractivity contribution in [1.82, 2.24) is 4.90 Å². The summed E-state index contributed by atoms with van der Waals surface area (Å²) in [5.41, 5.74) is 9.15. The molecule has 4 nitrogen and oxygen atoms in total. The highest BCUT2D eigenvalue weighted by Crippen LogP contribution is 2.23. The lowest BCUT2D eigenvalue weighted by Crippen LogP contribution is -2.40. The Bertz CT molecular complexity index is 456. The first-order chi connectivity index (χ1) is 8.86. The van der Waals surface area contributed by atoms with Crippen LogP contribution >= 0.6 is 0 Å². The van der Waals surface area contributed by atoms with Gasteiger partial charge >= 0.3 is 0 Å². The Morgan fingerprint density at radius 3 is 2.47 bits per heavy atom. The van der Waals surface area contributed by atoms with Gasteiger partial charge in [0, 0.05) is 13.6 Å². The van der Waals surface area contributed by atoms with Crippen LogP contribution in [0.5, 0.6) is 5.75 Å². The fraction of sp³-hybridized carbons (Fsp3) is 0.533. The molecule has 0 aliphatic heterocycles. The predicted octanol–water partition coefficient (Wildman–Crippen LogP) is 1.66. The minimum absolute atomic E-state index is 0.0391. The summed E-state index contributed by atoms with van der Waals surface area (Å²) in [6.45, 7) is 6.48. The molecule has 0 heterocycles. The van der Waals surface area contributed by atoms with E-state index in [0.717, 1.165) is 17.7 Å². The van der Waals surface area contributed by atoms with Crippen molar-refractivity contribution >= 4 is 5.91 Å². The zero-order valence-electron chi connectivity index (χ0n) is 12.5. The van der Waals surface area contributed by atoms with Gasteiger partial charge in [-0.15, -0.1) is 0 Å². The SMILES string of the molecule is COc1cc(C)c(C)cc1CCN(C)C(=O)C(C)N. The average molecular weight is 264 g/mol. The van der Waals surface area contributed by atoms with Crippen molar-refractivity contribution in [2.45, 2.75) is 33.2 Å². The molecular formula is C15H24N2O2. The molecule has 0 radical (unpaired) electrons. The van der Waals surface area contributed by atoms with Crippen LogP contribution in [0.15, 0.2) is 12.1 Å². The molecule has 1 aromatic rings. The fourth-order valence-electron chi connectivity index (χ4n) is 1.98. The number of rotatable bonds is 5. The Kier molecular flexibility index (Phi) is 5.36. The number of nitrogens with two attached hydrogens (primary N) is 1. The van der Waals surface area contributed by atoms with E-state index in [4.69, 9.17) is 10.5 Å². The van der Waals surface area contributed by atoms with E-state index >= 15 is 0 Å². The van der Waals surface area contributed by atoms with E-state index in [1.165, 1.54) is 11.1 Å². The van der Waals surface area contributed by atoms with Crippen molar-refractivity contribution in [1.29, 1.82) is 0 Å². The maximum absolute atomic E-state index is 11.7. The lowest BCUT2D eigenvalue weighted by Gasteiger charge is -2.20. The summed E-state index contributed by atoms with van der Waals surface area (Å²) in [7, 11) is 3.45. The first-order valence-corrected chi connectivity index (χ1v) is 6.51. The van der Waals surface area contributed by atoms with Crippen molar-refractivity contribution in [2.75, 3.05) is 20.7 Å². The van der Waals surface area contributed by atoms with E-state index in [9.17, 15) is 4.79 Å². The normalized spacial score (nSPS) is 12.1. The summed E-state index contributed by atoms with van der Waals surface area (Å²) in [4.78, 5) is 13.4. The van der Waals surface area contributed by atoms with Gasteiger partial charge < -0.3 is 15.4 Å². The van der Waals surface area contributed by atoms with Gasteiger partial charge in [-0.05, 0) is 49.9 Å². The summed E-state index contributed by atoms with van der Waals surface area (Å²) in [6.07, 6.45) is 0.763. The van der Waals surface area contributed by atoms with Gasteiger partial charge in [-0.3, -0.25) is 4.79 Å². The highest BCUT2D eigenvalue weighted by Gasteiger charge is 2.14. The topological polar surface area (TPSA) is 55.6 Å². The van der Waals surface area contributed by atoms with Gasteiger partial charge in [0.05, 0.1) is 13.2 Å². The van der Waals surface area contributed by atoms with Crippen molar-refractivity contribution in [3.05, 3.63) is 28.8 Å². The molecular weight excluding hydrogens is 240 g/mol. The molecule has 0 aliphatic carbocycles. The molecule has 1 aromatic carbocycles. The number of ether oxygens (including phenoxy) is 1. The molecule has 2 N–H and O–H groups in total. The van der Waals surface area contributed by atoms with Crippen molar-refractivity contribution in [3.63, 3.8) is 0 Å². The van der Waals surface area contributed by atoms with Gasteiger partial charge in [0.1, 0.15) is 5.75 Å². The van der Waals surface area contributed by atoms with Crippen molar-refractivity contribution in [3.8, 4) is 5.75 Å². The summed E-state index contributed by atoms with van der Waals surface area (Å²) in [6, 6.07) is 3.71. The van der Waals surface area contributed by atoms with E-state index in [1.807, 2.05) is 6.07 Å². The lowest BCUT2D eigenvalue weighted by atomic mass is 10.0. The van der Waals surface area contributed by atoms with Crippen LogP contribution in [0.1, 0.15) is 23.6 Å². The molecule has 1 rings (SSSR count). The number of benzene rings is 1. The van der Waals surface area contributed by atoms with Crippen LogP contribution in [0.3, 0.4) is 0 Å². The van der Waals surface area contributed by atoms with Gasteiger partial charge in [-0.2, -0.15) is 0 Å². The van der Waals surface area contributed by atoms with E-state index < -0.39 is 6.04 Å². The van der Waals surface area contributed by atoms with Crippen LogP contribution in [-0.4, -0.2) is 37.6 Å². The second kappa shape index (κ2) is 6.57. The maximum Gasteiger partial charge on any atom is 0.238 e. The van der Waals surface area contributed by atoms with Crippen LogP contribution in [0.25, 0.3) is 0 Å². The summed E-state index contributed by atoms with van der Waals surface area (Å²) >= 11 is 0. The number of hydrogen-bond acceptors (Lipinski definition) is 3. The molecule has 0 bridgehead atoms. The van der Waals surface area contributed by atoms with Crippen LogP contribution in [0, 0.1) is 13.8 Å². The molecule has 0 saturated carbocycles. The number of nitrogens with zero attached hydrogens (tertiary/aromatic N) is 1. The zero-order chi connectivity index (χ0) is 14.6. The zero-order valence-corrected chi connectivity index (χ0v) is 12.5.